The van der Waals surface area contributed by atoms with Crippen LogP contribution in [0.3, 0.4) is 0 Å². The van der Waals surface area contributed by atoms with E-state index in [1.807, 2.05) is 35.3 Å². The second kappa shape index (κ2) is 4.47. The van der Waals surface area contributed by atoms with E-state index in [9.17, 15) is 0 Å². The molecule has 0 amide bonds. The number of rotatable bonds is 3. The molecule has 0 N–H and O–H groups in total. The number of aromatic nitrogens is 2. The summed E-state index contributed by atoms with van der Waals surface area (Å²) in [5, 5.41) is 4.25. The van der Waals surface area contributed by atoms with Crippen LogP contribution in [0.2, 0.25) is 0 Å². The number of terminal acetylenes is 1. The van der Waals surface area contributed by atoms with Crippen molar-refractivity contribution in [3.8, 4) is 23.5 Å². The first kappa shape index (κ1) is 9.54. The summed E-state index contributed by atoms with van der Waals surface area (Å²) in [6.07, 6.45) is 9.81. The normalized spacial score (nSPS) is 9.80. The SMILES string of the molecule is C#CCCn1cc(-c2ccccc2)cn1. The summed E-state index contributed by atoms with van der Waals surface area (Å²) in [4.78, 5) is 0. The van der Waals surface area contributed by atoms with Crippen LogP contribution in [0.15, 0.2) is 42.7 Å². The van der Waals surface area contributed by atoms with Crippen molar-refractivity contribution in [3.05, 3.63) is 42.7 Å². The molecule has 1 heterocycles. The molecular formula is C13H12N2. The molecule has 0 aliphatic carbocycles. The van der Waals surface area contributed by atoms with Gasteiger partial charge in [-0.3, -0.25) is 4.68 Å². The highest BCUT2D eigenvalue weighted by Gasteiger charge is 1.99. The summed E-state index contributed by atoms with van der Waals surface area (Å²) in [5.74, 6) is 2.60. The number of hydrogen-bond donors (Lipinski definition) is 0. The molecule has 0 fully saturated rings. The Bertz CT molecular complexity index is 463. The van der Waals surface area contributed by atoms with E-state index in [0.717, 1.165) is 18.5 Å². The Morgan fingerprint density at radius 2 is 2.00 bits per heavy atom. The highest BCUT2D eigenvalue weighted by Crippen LogP contribution is 2.17. The molecule has 1 aromatic heterocycles. The van der Waals surface area contributed by atoms with Crippen molar-refractivity contribution in [2.45, 2.75) is 13.0 Å². The van der Waals surface area contributed by atoms with Crippen LogP contribution in [0.5, 0.6) is 0 Å². The lowest BCUT2D eigenvalue weighted by atomic mass is 10.1. The van der Waals surface area contributed by atoms with Gasteiger partial charge in [0.2, 0.25) is 0 Å². The highest BCUT2D eigenvalue weighted by molar-refractivity contribution is 5.61. The lowest BCUT2D eigenvalue weighted by molar-refractivity contribution is 0.630. The van der Waals surface area contributed by atoms with Crippen molar-refractivity contribution < 1.29 is 0 Å². The molecule has 74 valence electrons. The Labute approximate surface area is 89.6 Å². The van der Waals surface area contributed by atoms with Crippen LogP contribution in [-0.2, 0) is 6.54 Å². The van der Waals surface area contributed by atoms with E-state index < -0.39 is 0 Å². The number of hydrogen-bond acceptors (Lipinski definition) is 1. The van der Waals surface area contributed by atoms with Crippen molar-refractivity contribution in [2.75, 3.05) is 0 Å². The Hall–Kier alpha value is -2.01. The lowest BCUT2D eigenvalue weighted by Crippen LogP contribution is -1.96. The fourth-order valence-corrected chi connectivity index (χ4v) is 1.44. The Morgan fingerprint density at radius 1 is 1.20 bits per heavy atom. The predicted octanol–water partition coefficient (Wildman–Crippen LogP) is 2.57. The third-order valence-corrected chi connectivity index (χ3v) is 2.23. The van der Waals surface area contributed by atoms with Crippen LogP contribution >= 0.6 is 0 Å². The van der Waals surface area contributed by atoms with E-state index in [4.69, 9.17) is 6.42 Å². The molecule has 0 saturated carbocycles. The second-order valence-electron chi connectivity index (χ2n) is 3.31. The molecule has 0 saturated heterocycles. The molecule has 1 aromatic carbocycles. The van der Waals surface area contributed by atoms with Gasteiger partial charge in [-0.05, 0) is 5.56 Å². The molecule has 0 unspecified atom stereocenters. The van der Waals surface area contributed by atoms with Gasteiger partial charge in [-0.2, -0.15) is 5.10 Å². The fourth-order valence-electron chi connectivity index (χ4n) is 1.44. The molecule has 2 nitrogen and oxygen atoms in total. The van der Waals surface area contributed by atoms with Gasteiger partial charge >= 0.3 is 0 Å². The number of aryl methyl sites for hydroxylation is 1. The summed E-state index contributed by atoms with van der Waals surface area (Å²) < 4.78 is 1.88. The van der Waals surface area contributed by atoms with Crippen LogP contribution in [0, 0.1) is 12.3 Å². The molecule has 0 atom stereocenters. The first-order valence-corrected chi connectivity index (χ1v) is 4.91. The molecule has 15 heavy (non-hydrogen) atoms. The molecule has 0 aliphatic heterocycles. The van der Waals surface area contributed by atoms with E-state index in [-0.39, 0.29) is 0 Å². The molecule has 0 aliphatic rings. The van der Waals surface area contributed by atoms with Gasteiger partial charge in [-0.1, -0.05) is 30.3 Å². The minimum atomic E-state index is 0.718. The Kier molecular flexibility index (Phi) is 2.85. The average Bonchev–Trinajstić information content (AvgIpc) is 2.76. The standard InChI is InChI=1S/C13H12N2/c1-2-3-9-15-11-13(10-14-15)12-7-5-4-6-8-12/h1,4-8,10-11H,3,9H2. The number of nitrogens with zero attached hydrogens (tertiary/aromatic N) is 2. The van der Waals surface area contributed by atoms with E-state index in [1.54, 1.807) is 0 Å². The zero-order chi connectivity index (χ0) is 10.5. The van der Waals surface area contributed by atoms with E-state index in [0.29, 0.717) is 0 Å². The van der Waals surface area contributed by atoms with Crippen molar-refractivity contribution in [1.29, 1.82) is 0 Å². The average molecular weight is 196 g/mol. The zero-order valence-corrected chi connectivity index (χ0v) is 8.43. The maximum atomic E-state index is 5.20. The summed E-state index contributed by atoms with van der Waals surface area (Å²) in [6.45, 7) is 0.781. The summed E-state index contributed by atoms with van der Waals surface area (Å²) >= 11 is 0. The zero-order valence-electron chi connectivity index (χ0n) is 8.43. The number of benzene rings is 1. The van der Waals surface area contributed by atoms with Gasteiger partial charge in [-0.25, -0.2) is 0 Å². The predicted molar refractivity (Wildman–Crippen MR) is 61.1 cm³/mol. The van der Waals surface area contributed by atoms with Crippen molar-refractivity contribution >= 4 is 0 Å². The van der Waals surface area contributed by atoms with Crippen LogP contribution in [0.1, 0.15) is 6.42 Å². The summed E-state index contributed by atoms with van der Waals surface area (Å²) in [7, 11) is 0. The topological polar surface area (TPSA) is 17.8 Å². The highest BCUT2D eigenvalue weighted by atomic mass is 15.3. The van der Waals surface area contributed by atoms with Crippen LogP contribution in [0.4, 0.5) is 0 Å². The fraction of sp³-hybridized carbons (Fsp3) is 0.154. The van der Waals surface area contributed by atoms with Gasteiger partial charge in [-0.15, -0.1) is 12.3 Å². The van der Waals surface area contributed by atoms with Crippen LogP contribution in [-0.4, -0.2) is 9.78 Å². The van der Waals surface area contributed by atoms with Crippen LogP contribution < -0.4 is 0 Å². The quantitative estimate of drug-likeness (QED) is 0.690. The molecular weight excluding hydrogens is 184 g/mol. The smallest absolute Gasteiger partial charge is 0.0568 e. The first-order valence-electron chi connectivity index (χ1n) is 4.91. The molecule has 2 heteroatoms. The minimum absolute atomic E-state index is 0.718. The molecule has 0 radical (unpaired) electrons. The van der Waals surface area contributed by atoms with E-state index >= 15 is 0 Å². The largest absolute Gasteiger partial charge is 0.271 e. The van der Waals surface area contributed by atoms with Crippen molar-refractivity contribution in [1.82, 2.24) is 9.78 Å². The van der Waals surface area contributed by atoms with Gasteiger partial charge < -0.3 is 0 Å². The minimum Gasteiger partial charge on any atom is -0.271 e. The van der Waals surface area contributed by atoms with Crippen molar-refractivity contribution in [2.24, 2.45) is 0 Å². The molecule has 2 rings (SSSR count). The third kappa shape index (κ3) is 2.26. The van der Waals surface area contributed by atoms with E-state index in [1.165, 1.54) is 5.56 Å². The van der Waals surface area contributed by atoms with Crippen LogP contribution in [0.25, 0.3) is 11.1 Å². The third-order valence-electron chi connectivity index (χ3n) is 2.23. The summed E-state index contributed by atoms with van der Waals surface area (Å²) in [6, 6.07) is 10.2. The van der Waals surface area contributed by atoms with Gasteiger partial charge in [0.15, 0.2) is 0 Å². The monoisotopic (exact) mass is 196 g/mol. The maximum absolute atomic E-state index is 5.20. The first-order chi connectivity index (χ1) is 7.40. The lowest BCUT2D eigenvalue weighted by Gasteiger charge is -1.96. The molecule has 0 spiro atoms. The van der Waals surface area contributed by atoms with Gasteiger partial charge in [0.1, 0.15) is 0 Å². The molecule has 2 aromatic rings. The Balaban J connectivity index is 2.18. The van der Waals surface area contributed by atoms with Gasteiger partial charge in [0, 0.05) is 18.2 Å². The van der Waals surface area contributed by atoms with Gasteiger partial charge in [0.05, 0.1) is 12.7 Å². The maximum Gasteiger partial charge on any atom is 0.0568 e. The van der Waals surface area contributed by atoms with E-state index in [2.05, 4.69) is 23.2 Å². The molecule has 0 bridgehead atoms. The van der Waals surface area contributed by atoms with Gasteiger partial charge in [0.25, 0.3) is 0 Å². The Morgan fingerprint density at radius 3 is 2.73 bits per heavy atom. The summed E-state index contributed by atoms with van der Waals surface area (Å²) in [5.41, 5.74) is 2.32. The van der Waals surface area contributed by atoms with Crippen molar-refractivity contribution in [3.63, 3.8) is 0 Å². The second-order valence-corrected chi connectivity index (χ2v) is 3.31.